The van der Waals surface area contributed by atoms with E-state index in [0.29, 0.717) is 0 Å². The minimum atomic E-state index is 0.823. The quantitative estimate of drug-likeness (QED) is 0.650. The van der Waals surface area contributed by atoms with Crippen molar-refractivity contribution in [3.05, 3.63) is 22.4 Å². The van der Waals surface area contributed by atoms with Crippen molar-refractivity contribution < 1.29 is 4.74 Å². The molecule has 1 rings (SSSR count). The second kappa shape index (κ2) is 9.59. The van der Waals surface area contributed by atoms with Gasteiger partial charge in [0, 0.05) is 32.8 Å². The average molecular weight is 256 g/mol. The van der Waals surface area contributed by atoms with E-state index < -0.39 is 0 Å². The van der Waals surface area contributed by atoms with E-state index in [1.54, 1.807) is 11.3 Å². The zero-order valence-electron chi connectivity index (χ0n) is 10.9. The van der Waals surface area contributed by atoms with E-state index in [1.165, 1.54) is 5.56 Å². The molecule has 0 radical (unpaired) electrons. The standard InChI is InChI=1S/C13H24N2OS/c1-3-16-9-4-6-14-7-8-15(2)11-13-5-10-17-12-13/h5,10,12,14H,3-4,6-9,11H2,1-2H3. The van der Waals surface area contributed by atoms with Gasteiger partial charge in [0.05, 0.1) is 0 Å². The lowest BCUT2D eigenvalue weighted by atomic mass is 10.3. The first-order chi connectivity index (χ1) is 8.33. The molecule has 0 aliphatic heterocycles. The fourth-order valence-corrected chi connectivity index (χ4v) is 2.27. The molecule has 0 atom stereocenters. The van der Waals surface area contributed by atoms with E-state index in [9.17, 15) is 0 Å². The summed E-state index contributed by atoms with van der Waals surface area (Å²) in [5.74, 6) is 0. The van der Waals surface area contributed by atoms with E-state index in [2.05, 4.69) is 34.1 Å². The molecule has 3 nitrogen and oxygen atoms in total. The van der Waals surface area contributed by atoms with Crippen LogP contribution in [-0.4, -0.2) is 44.8 Å². The zero-order valence-corrected chi connectivity index (χ0v) is 11.8. The van der Waals surface area contributed by atoms with E-state index >= 15 is 0 Å². The molecule has 0 fully saturated rings. The summed E-state index contributed by atoms with van der Waals surface area (Å²) in [7, 11) is 2.17. The third kappa shape index (κ3) is 7.49. The summed E-state index contributed by atoms with van der Waals surface area (Å²) in [4.78, 5) is 2.34. The number of hydrogen-bond acceptors (Lipinski definition) is 4. The normalized spacial score (nSPS) is 11.2. The SMILES string of the molecule is CCOCCCNCCN(C)Cc1ccsc1. The highest BCUT2D eigenvalue weighted by atomic mass is 32.1. The molecule has 98 valence electrons. The van der Waals surface area contributed by atoms with Crippen LogP contribution in [0.1, 0.15) is 18.9 Å². The summed E-state index contributed by atoms with van der Waals surface area (Å²) >= 11 is 1.76. The Bertz CT molecular complexity index is 264. The van der Waals surface area contributed by atoms with Gasteiger partial charge in [0.2, 0.25) is 0 Å². The number of thiophene rings is 1. The van der Waals surface area contributed by atoms with E-state index in [1.807, 2.05) is 6.92 Å². The lowest BCUT2D eigenvalue weighted by Gasteiger charge is -2.16. The van der Waals surface area contributed by atoms with Gasteiger partial charge in [-0.3, -0.25) is 0 Å². The molecule has 0 unspecified atom stereocenters. The van der Waals surface area contributed by atoms with Gasteiger partial charge >= 0.3 is 0 Å². The van der Waals surface area contributed by atoms with Gasteiger partial charge in [-0.05, 0) is 49.3 Å². The fraction of sp³-hybridized carbons (Fsp3) is 0.692. The summed E-state index contributed by atoms with van der Waals surface area (Å²) in [6, 6.07) is 2.19. The number of likely N-dealkylation sites (N-methyl/N-ethyl adjacent to an activating group) is 1. The first-order valence-electron chi connectivity index (χ1n) is 6.31. The molecule has 0 aliphatic rings. The minimum Gasteiger partial charge on any atom is -0.382 e. The lowest BCUT2D eigenvalue weighted by molar-refractivity contribution is 0.144. The molecule has 0 amide bonds. The molecule has 0 bridgehead atoms. The van der Waals surface area contributed by atoms with Gasteiger partial charge in [-0.15, -0.1) is 0 Å². The van der Waals surface area contributed by atoms with Crippen LogP contribution in [0.5, 0.6) is 0 Å². The van der Waals surface area contributed by atoms with Crippen molar-refractivity contribution >= 4 is 11.3 Å². The largest absolute Gasteiger partial charge is 0.382 e. The van der Waals surface area contributed by atoms with Crippen LogP contribution in [0.25, 0.3) is 0 Å². The van der Waals surface area contributed by atoms with Gasteiger partial charge < -0.3 is 15.0 Å². The predicted octanol–water partition coefficient (Wildman–Crippen LogP) is 2.20. The lowest BCUT2D eigenvalue weighted by Crippen LogP contribution is -2.29. The third-order valence-corrected chi connectivity index (χ3v) is 3.28. The Morgan fingerprint density at radius 2 is 2.29 bits per heavy atom. The smallest absolute Gasteiger partial charge is 0.0477 e. The highest BCUT2D eigenvalue weighted by Crippen LogP contribution is 2.07. The van der Waals surface area contributed by atoms with Crippen molar-refractivity contribution in [2.75, 3.05) is 39.9 Å². The summed E-state index contributed by atoms with van der Waals surface area (Å²) in [5, 5.41) is 7.78. The Morgan fingerprint density at radius 1 is 1.41 bits per heavy atom. The Balaban J connectivity index is 1.92. The van der Waals surface area contributed by atoms with Crippen LogP contribution in [0.4, 0.5) is 0 Å². The monoisotopic (exact) mass is 256 g/mol. The van der Waals surface area contributed by atoms with Crippen LogP contribution in [0.15, 0.2) is 16.8 Å². The fourth-order valence-electron chi connectivity index (χ4n) is 1.61. The van der Waals surface area contributed by atoms with Crippen molar-refractivity contribution in [1.82, 2.24) is 10.2 Å². The molecule has 1 aromatic rings. The Hall–Kier alpha value is -0.420. The van der Waals surface area contributed by atoms with Gasteiger partial charge in [0.15, 0.2) is 0 Å². The molecular formula is C13H24N2OS. The topological polar surface area (TPSA) is 24.5 Å². The zero-order chi connectivity index (χ0) is 12.3. The maximum absolute atomic E-state index is 5.28. The van der Waals surface area contributed by atoms with E-state index in [4.69, 9.17) is 4.74 Å². The van der Waals surface area contributed by atoms with Gasteiger partial charge in [0.1, 0.15) is 0 Å². The molecule has 0 saturated carbocycles. The Labute approximate surface area is 109 Å². The van der Waals surface area contributed by atoms with E-state index in [-0.39, 0.29) is 0 Å². The van der Waals surface area contributed by atoms with Crippen LogP contribution in [0.3, 0.4) is 0 Å². The number of rotatable bonds is 10. The first-order valence-corrected chi connectivity index (χ1v) is 7.25. The van der Waals surface area contributed by atoms with Crippen molar-refractivity contribution in [2.45, 2.75) is 19.9 Å². The molecule has 0 aliphatic carbocycles. The number of nitrogens with zero attached hydrogens (tertiary/aromatic N) is 1. The Morgan fingerprint density at radius 3 is 3.00 bits per heavy atom. The molecule has 1 N–H and O–H groups in total. The molecule has 1 aromatic heterocycles. The Kier molecular flexibility index (Phi) is 8.26. The summed E-state index contributed by atoms with van der Waals surface area (Å²) in [5.41, 5.74) is 1.41. The molecule has 0 saturated heterocycles. The second-order valence-corrected chi connectivity index (χ2v) is 4.95. The molecule has 0 aromatic carbocycles. The highest BCUT2D eigenvalue weighted by molar-refractivity contribution is 7.07. The third-order valence-electron chi connectivity index (χ3n) is 2.55. The van der Waals surface area contributed by atoms with Crippen molar-refractivity contribution in [1.29, 1.82) is 0 Å². The van der Waals surface area contributed by atoms with Crippen molar-refractivity contribution in [2.24, 2.45) is 0 Å². The van der Waals surface area contributed by atoms with Crippen LogP contribution >= 0.6 is 11.3 Å². The van der Waals surface area contributed by atoms with Crippen LogP contribution in [-0.2, 0) is 11.3 Å². The van der Waals surface area contributed by atoms with Gasteiger partial charge in [-0.1, -0.05) is 0 Å². The summed E-state index contributed by atoms with van der Waals surface area (Å²) in [6.07, 6.45) is 1.10. The first kappa shape index (κ1) is 14.6. The molecular weight excluding hydrogens is 232 g/mol. The maximum Gasteiger partial charge on any atom is 0.0477 e. The van der Waals surface area contributed by atoms with E-state index in [0.717, 1.165) is 45.8 Å². The van der Waals surface area contributed by atoms with Crippen LogP contribution in [0, 0.1) is 0 Å². The van der Waals surface area contributed by atoms with Gasteiger partial charge in [-0.2, -0.15) is 11.3 Å². The number of hydrogen-bond donors (Lipinski definition) is 1. The molecule has 0 spiro atoms. The van der Waals surface area contributed by atoms with Crippen molar-refractivity contribution in [3.8, 4) is 0 Å². The van der Waals surface area contributed by atoms with Crippen molar-refractivity contribution in [3.63, 3.8) is 0 Å². The molecule has 17 heavy (non-hydrogen) atoms. The average Bonchev–Trinajstić information content (AvgIpc) is 2.80. The van der Waals surface area contributed by atoms with Gasteiger partial charge in [-0.25, -0.2) is 0 Å². The molecule has 1 heterocycles. The van der Waals surface area contributed by atoms with Crippen LogP contribution < -0.4 is 5.32 Å². The minimum absolute atomic E-state index is 0.823. The van der Waals surface area contributed by atoms with Gasteiger partial charge in [0.25, 0.3) is 0 Å². The summed E-state index contributed by atoms with van der Waals surface area (Å²) < 4.78 is 5.28. The maximum atomic E-state index is 5.28. The predicted molar refractivity (Wildman–Crippen MR) is 74.6 cm³/mol. The number of nitrogens with one attached hydrogen (secondary N) is 1. The number of ether oxygens (including phenoxy) is 1. The summed E-state index contributed by atoms with van der Waals surface area (Å²) in [6.45, 7) is 7.96. The second-order valence-electron chi connectivity index (χ2n) is 4.17. The molecule has 4 heteroatoms. The van der Waals surface area contributed by atoms with Crippen LogP contribution in [0.2, 0.25) is 0 Å². The highest BCUT2D eigenvalue weighted by Gasteiger charge is 1.99.